The summed E-state index contributed by atoms with van der Waals surface area (Å²) in [5.74, 6) is -0.629. The molecule has 2 rings (SSSR count). The van der Waals surface area contributed by atoms with Crippen LogP contribution in [0.15, 0.2) is 48.6 Å². The number of hydrogen-bond acceptors (Lipinski definition) is 8. The van der Waals surface area contributed by atoms with E-state index < -0.39 is 0 Å². The Bertz CT molecular complexity index is 1190. The molecule has 0 atom stereocenters. The van der Waals surface area contributed by atoms with E-state index in [4.69, 9.17) is 20.9 Å². The van der Waals surface area contributed by atoms with Gasteiger partial charge in [-0.2, -0.15) is 0 Å². The number of carbonyl (C=O) groups is 2. The van der Waals surface area contributed by atoms with Crippen molar-refractivity contribution in [2.24, 2.45) is 0 Å². The van der Waals surface area contributed by atoms with E-state index in [0.717, 1.165) is 96.9 Å². The molecule has 0 fully saturated rings. The van der Waals surface area contributed by atoms with Crippen LogP contribution >= 0.6 is 0 Å². The Morgan fingerprint density at radius 1 is 0.592 bits per heavy atom. The molecule has 0 aromatic heterocycles. The van der Waals surface area contributed by atoms with Gasteiger partial charge in [-0.15, -0.1) is 0 Å². The lowest BCUT2D eigenvalue weighted by atomic mass is 10.0. The van der Waals surface area contributed by atoms with Crippen molar-refractivity contribution in [1.82, 2.24) is 0 Å². The average molecular weight is 681 g/mol. The Hall–Kier alpha value is -3.94. The number of ether oxygens (including phenoxy) is 2. The third-order valence-electron chi connectivity index (χ3n) is 8.02. The molecule has 0 aliphatic carbocycles. The van der Waals surface area contributed by atoms with Gasteiger partial charge in [0.2, 0.25) is 0 Å². The minimum Gasteiger partial charge on any atom is -0.463 e. The summed E-state index contributed by atoms with van der Waals surface area (Å²) >= 11 is 0. The van der Waals surface area contributed by atoms with Crippen molar-refractivity contribution in [3.8, 4) is 0 Å². The molecule has 0 amide bonds. The normalized spacial score (nSPS) is 11.2. The summed E-state index contributed by atoms with van der Waals surface area (Å²) in [7, 11) is 0. The molecule has 0 aliphatic rings. The first-order valence-corrected chi connectivity index (χ1v) is 18.1. The molecule has 0 heterocycles. The van der Waals surface area contributed by atoms with Crippen molar-refractivity contribution in [2.45, 2.75) is 114 Å². The van der Waals surface area contributed by atoms with E-state index in [1.54, 1.807) is 13.8 Å². The third kappa shape index (κ3) is 16.8. The number of allylic oxidation sites excluding steroid dienone is 2. The molecule has 4 N–H and O–H groups in total. The topological polar surface area (TPSA) is 111 Å². The quantitative estimate of drug-likeness (QED) is 0.0808. The highest BCUT2D eigenvalue weighted by atomic mass is 16.5. The second kappa shape index (κ2) is 26.0. The predicted octanol–water partition coefficient (Wildman–Crippen LogP) is 9.92. The largest absolute Gasteiger partial charge is 0.463 e. The van der Waals surface area contributed by atoms with Crippen LogP contribution in [0.5, 0.6) is 0 Å². The van der Waals surface area contributed by atoms with Crippen molar-refractivity contribution in [3.63, 3.8) is 0 Å². The number of nitrogens with two attached hydrogens (primary N) is 2. The predicted molar refractivity (Wildman–Crippen MR) is 213 cm³/mol. The molecular formula is C41H68N4O4. The fourth-order valence-corrected chi connectivity index (χ4v) is 5.16. The van der Waals surface area contributed by atoms with Gasteiger partial charge in [0.1, 0.15) is 0 Å². The van der Waals surface area contributed by atoms with Gasteiger partial charge in [-0.25, -0.2) is 9.59 Å². The molecular weight excluding hydrogens is 612 g/mol. The van der Waals surface area contributed by atoms with E-state index >= 15 is 0 Å². The Labute approximate surface area is 298 Å². The van der Waals surface area contributed by atoms with Crippen LogP contribution in [0.4, 0.5) is 22.7 Å². The lowest BCUT2D eigenvalue weighted by Crippen LogP contribution is -2.26. The monoisotopic (exact) mass is 681 g/mol. The number of unbranched alkanes of at least 4 members (excludes halogenated alkanes) is 4. The van der Waals surface area contributed by atoms with Gasteiger partial charge in [0.25, 0.3) is 0 Å². The molecule has 8 nitrogen and oxygen atoms in total. The molecule has 2 aromatic carbocycles. The number of hydrogen-bond donors (Lipinski definition) is 2. The van der Waals surface area contributed by atoms with Crippen molar-refractivity contribution in [3.05, 3.63) is 59.7 Å². The molecule has 0 radical (unpaired) electrons. The van der Waals surface area contributed by atoms with Gasteiger partial charge >= 0.3 is 11.9 Å². The molecule has 0 spiro atoms. The van der Waals surface area contributed by atoms with Crippen molar-refractivity contribution >= 4 is 45.8 Å². The molecule has 0 aliphatic heterocycles. The van der Waals surface area contributed by atoms with Gasteiger partial charge in [0.05, 0.1) is 36.0 Å². The summed E-state index contributed by atoms with van der Waals surface area (Å²) in [6.45, 7) is 21.1. The van der Waals surface area contributed by atoms with Crippen molar-refractivity contribution < 1.29 is 19.1 Å². The molecule has 49 heavy (non-hydrogen) atoms. The average Bonchev–Trinajstić information content (AvgIpc) is 3.06. The number of esters is 2. The van der Waals surface area contributed by atoms with Gasteiger partial charge in [0, 0.05) is 38.3 Å². The summed E-state index contributed by atoms with van der Waals surface area (Å²) in [5.41, 5.74) is 19.9. The maximum absolute atomic E-state index is 11.6. The number of carbonyl (C=O) groups excluding carboxylic acids is 2. The fraction of sp³-hybridized carbons (Fsp3) is 0.561. The summed E-state index contributed by atoms with van der Waals surface area (Å²) < 4.78 is 9.92. The van der Waals surface area contributed by atoms with Crippen LogP contribution in [0.25, 0.3) is 11.1 Å². The number of rotatable bonds is 20. The van der Waals surface area contributed by atoms with E-state index in [1.807, 2.05) is 38.1 Å². The zero-order chi connectivity index (χ0) is 35.9. The van der Waals surface area contributed by atoms with Gasteiger partial charge in [-0.05, 0) is 99.9 Å². The van der Waals surface area contributed by atoms with Crippen LogP contribution in [0.1, 0.15) is 125 Å². The Kier molecular flexibility index (Phi) is 23.9. The number of nitrogens with zero attached hydrogens (tertiary/aromatic N) is 2. The Morgan fingerprint density at radius 2 is 0.898 bits per heavy atom. The summed E-state index contributed by atoms with van der Waals surface area (Å²) in [5, 5.41) is 0. The first kappa shape index (κ1) is 45.1. The van der Waals surface area contributed by atoms with E-state index in [1.165, 1.54) is 37.8 Å². The van der Waals surface area contributed by atoms with E-state index in [-0.39, 0.29) is 19.4 Å². The second-order valence-corrected chi connectivity index (χ2v) is 12.1. The smallest absolute Gasteiger partial charge is 0.331 e. The van der Waals surface area contributed by atoms with Crippen LogP contribution in [-0.4, -0.2) is 51.3 Å². The second-order valence-electron chi connectivity index (χ2n) is 12.1. The Morgan fingerprint density at radius 3 is 1.14 bits per heavy atom. The fourth-order valence-electron chi connectivity index (χ4n) is 5.16. The highest BCUT2D eigenvalue weighted by Crippen LogP contribution is 2.29. The molecule has 2 aromatic rings. The highest BCUT2D eigenvalue weighted by Gasteiger charge is 2.12. The van der Waals surface area contributed by atoms with Gasteiger partial charge in [-0.3, -0.25) is 0 Å². The lowest BCUT2D eigenvalue weighted by molar-refractivity contribution is -0.138. The van der Waals surface area contributed by atoms with Gasteiger partial charge in [-0.1, -0.05) is 72.9 Å². The molecule has 0 saturated heterocycles. The number of benzene rings is 2. The van der Waals surface area contributed by atoms with Crippen LogP contribution in [0.3, 0.4) is 0 Å². The van der Waals surface area contributed by atoms with Crippen LogP contribution in [0.2, 0.25) is 0 Å². The molecule has 0 bridgehead atoms. The number of nitrogen functional groups attached to an aromatic ring is 2. The van der Waals surface area contributed by atoms with Crippen molar-refractivity contribution in [2.75, 3.05) is 60.7 Å². The van der Waals surface area contributed by atoms with Gasteiger partial charge in [0.15, 0.2) is 0 Å². The maximum atomic E-state index is 11.6. The highest BCUT2D eigenvalue weighted by molar-refractivity contribution is 5.92. The van der Waals surface area contributed by atoms with Crippen molar-refractivity contribution in [1.29, 1.82) is 0 Å². The third-order valence-corrected chi connectivity index (χ3v) is 8.02. The van der Waals surface area contributed by atoms with Crippen LogP contribution in [0, 0.1) is 0 Å². The lowest BCUT2D eigenvalue weighted by Gasteiger charge is -2.26. The minimum absolute atomic E-state index is 0. The van der Waals surface area contributed by atoms with Gasteiger partial charge < -0.3 is 30.7 Å². The van der Waals surface area contributed by atoms with Crippen LogP contribution in [-0.2, 0) is 19.1 Å². The zero-order valence-electron chi connectivity index (χ0n) is 31.2. The summed E-state index contributed by atoms with van der Waals surface area (Å²) in [6, 6.07) is 12.1. The number of anilines is 4. The first-order chi connectivity index (χ1) is 23.1. The minimum atomic E-state index is -0.315. The van der Waals surface area contributed by atoms with E-state index in [9.17, 15) is 9.59 Å². The maximum Gasteiger partial charge on any atom is 0.331 e. The standard InChI is InChI=1S/2C20H32N2O2.CH4/c2*1-5-8-12-22(13-9-6-2)19-11-10-17(15-18(19)21)16(4)14-20(23)24-7-3;/h2*10-11,14-15H,5-9,12-13,21H2,1-4H3;1H4/b16-14+;16-14-;. The molecule has 0 unspecified atom stereocenters. The van der Waals surface area contributed by atoms with E-state index in [0.29, 0.717) is 13.2 Å². The summed E-state index contributed by atoms with van der Waals surface area (Å²) in [4.78, 5) is 27.9. The molecule has 276 valence electrons. The Balaban J connectivity index is 0.000000922. The van der Waals surface area contributed by atoms with E-state index in [2.05, 4.69) is 49.6 Å². The summed E-state index contributed by atoms with van der Waals surface area (Å²) in [6.07, 6.45) is 12.3. The SMILES string of the molecule is C.CCCCN(CCCC)c1ccc(/C(C)=C/C(=O)OCC)cc1N.CCCCN(CCCC)c1ccc(/C(C)=C\C(=O)OCC)cc1N. The first-order valence-electron chi connectivity index (χ1n) is 18.1. The molecule has 0 saturated carbocycles. The zero-order valence-corrected chi connectivity index (χ0v) is 31.2. The van der Waals surface area contributed by atoms with Crippen LogP contribution < -0.4 is 21.3 Å². The molecule has 8 heteroatoms.